The number of hydrogen-bond donors (Lipinski definition) is 1. The second kappa shape index (κ2) is 3.80. The van der Waals surface area contributed by atoms with Gasteiger partial charge in [0.15, 0.2) is 0 Å². The van der Waals surface area contributed by atoms with Crippen LogP contribution in [0, 0.1) is 5.41 Å². The van der Waals surface area contributed by atoms with Gasteiger partial charge in [0.1, 0.15) is 6.54 Å². The minimum atomic E-state index is 0.569. The SMILES string of the molecule is CCN1[C@@H]2CCCCc3nc[n+]([nH]3)C[C@]3(C2)C[C@@H]13. The van der Waals surface area contributed by atoms with Crippen LogP contribution >= 0.6 is 0 Å². The van der Waals surface area contributed by atoms with Gasteiger partial charge in [-0.1, -0.05) is 13.3 Å². The Balaban J connectivity index is 1.64. The molecule has 0 radical (unpaired) electrons. The number of piperidine rings is 1. The number of likely N-dealkylation sites (tertiary alicyclic amines) is 1. The lowest BCUT2D eigenvalue weighted by molar-refractivity contribution is -0.759. The van der Waals surface area contributed by atoms with Gasteiger partial charge in [-0.3, -0.25) is 4.90 Å². The van der Waals surface area contributed by atoms with Crippen LogP contribution in [0.25, 0.3) is 0 Å². The van der Waals surface area contributed by atoms with Crippen LogP contribution in [0.4, 0.5) is 0 Å². The molecule has 1 N–H and O–H groups in total. The quantitative estimate of drug-likeness (QED) is 0.759. The first kappa shape index (κ1) is 11.0. The molecule has 2 fully saturated rings. The Bertz CT molecular complexity index is 454. The molecule has 0 aromatic carbocycles. The van der Waals surface area contributed by atoms with Crippen molar-refractivity contribution in [1.82, 2.24) is 15.0 Å². The molecule has 4 nitrogen and oxygen atoms in total. The maximum Gasteiger partial charge on any atom is 0.307 e. The Hall–Kier alpha value is -0.900. The van der Waals surface area contributed by atoms with Crippen LogP contribution in [0.1, 0.15) is 44.9 Å². The van der Waals surface area contributed by atoms with Crippen molar-refractivity contribution in [2.24, 2.45) is 5.41 Å². The molecule has 4 heteroatoms. The molecule has 98 valence electrons. The largest absolute Gasteiger partial charge is 0.307 e. The Morgan fingerprint density at radius 3 is 3.33 bits per heavy atom. The van der Waals surface area contributed by atoms with Gasteiger partial charge < -0.3 is 0 Å². The maximum atomic E-state index is 4.50. The molecule has 1 saturated carbocycles. The highest BCUT2D eigenvalue weighted by molar-refractivity contribution is 5.15. The van der Waals surface area contributed by atoms with Gasteiger partial charge in [-0.2, -0.15) is 9.78 Å². The highest BCUT2D eigenvalue weighted by Crippen LogP contribution is 2.60. The summed E-state index contributed by atoms with van der Waals surface area (Å²) in [5.74, 6) is 1.17. The van der Waals surface area contributed by atoms with E-state index in [0.717, 1.165) is 25.0 Å². The summed E-state index contributed by atoms with van der Waals surface area (Å²) in [6.45, 7) is 4.71. The van der Waals surface area contributed by atoms with Crippen molar-refractivity contribution in [3.8, 4) is 0 Å². The lowest BCUT2D eigenvalue weighted by atomic mass is 9.96. The fourth-order valence-corrected chi connectivity index (χ4v) is 4.41. The molecule has 3 aliphatic rings. The zero-order valence-electron chi connectivity index (χ0n) is 11.2. The van der Waals surface area contributed by atoms with Gasteiger partial charge in [0.25, 0.3) is 5.82 Å². The molecule has 4 rings (SSSR count). The summed E-state index contributed by atoms with van der Waals surface area (Å²) in [5, 5.41) is 3.47. The molecule has 4 bridgehead atoms. The number of hydrogen-bond acceptors (Lipinski definition) is 2. The van der Waals surface area contributed by atoms with Gasteiger partial charge in [0, 0.05) is 23.9 Å². The Kier molecular flexibility index (Phi) is 2.31. The first-order chi connectivity index (χ1) is 8.81. The van der Waals surface area contributed by atoms with E-state index in [1.807, 2.05) is 6.33 Å². The van der Waals surface area contributed by atoms with Crippen molar-refractivity contribution < 1.29 is 4.68 Å². The first-order valence-corrected chi connectivity index (χ1v) is 7.50. The van der Waals surface area contributed by atoms with E-state index in [1.165, 1.54) is 44.5 Å². The number of rotatable bonds is 1. The summed E-state index contributed by atoms with van der Waals surface area (Å²) in [6, 6.07) is 1.71. The molecule has 1 aromatic rings. The van der Waals surface area contributed by atoms with Gasteiger partial charge in [-0.15, -0.1) is 0 Å². The molecule has 2 aliphatic heterocycles. The van der Waals surface area contributed by atoms with Crippen LogP contribution in [0.2, 0.25) is 0 Å². The summed E-state index contributed by atoms with van der Waals surface area (Å²) in [4.78, 5) is 7.27. The van der Waals surface area contributed by atoms with Crippen LogP contribution in [-0.2, 0) is 13.0 Å². The molecule has 3 heterocycles. The van der Waals surface area contributed by atoms with Gasteiger partial charge in [0.05, 0.1) is 0 Å². The van der Waals surface area contributed by atoms with E-state index in [1.54, 1.807) is 0 Å². The second-order valence-corrected chi connectivity index (χ2v) is 6.45. The van der Waals surface area contributed by atoms with Crippen LogP contribution in [-0.4, -0.2) is 33.6 Å². The highest BCUT2D eigenvalue weighted by Gasteiger charge is 2.65. The molecule has 3 atom stereocenters. The molecule has 1 saturated heterocycles. The van der Waals surface area contributed by atoms with Gasteiger partial charge in [-0.25, -0.2) is 0 Å². The topological polar surface area (TPSA) is 35.8 Å². The van der Waals surface area contributed by atoms with E-state index in [-0.39, 0.29) is 0 Å². The van der Waals surface area contributed by atoms with Crippen molar-refractivity contribution in [2.75, 3.05) is 6.54 Å². The molecule has 0 amide bonds. The fraction of sp³-hybridized carbons (Fsp3) is 0.857. The van der Waals surface area contributed by atoms with Gasteiger partial charge >= 0.3 is 6.33 Å². The van der Waals surface area contributed by atoms with Crippen LogP contribution in [0.3, 0.4) is 0 Å². The van der Waals surface area contributed by atoms with E-state index in [4.69, 9.17) is 0 Å². The van der Waals surface area contributed by atoms with E-state index in [9.17, 15) is 0 Å². The summed E-state index contributed by atoms with van der Waals surface area (Å²) in [7, 11) is 0. The molecule has 1 aliphatic carbocycles. The number of aryl methyl sites for hydroxylation is 1. The lowest BCUT2D eigenvalue weighted by Gasteiger charge is -2.25. The lowest BCUT2D eigenvalue weighted by Crippen LogP contribution is -2.40. The average Bonchev–Trinajstić information content (AvgIpc) is 2.74. The first-order valence-electron chi connectivity index (χ1n) is 7.50. The normalized spacial score (nSPS) is 39.2. The zero-order valence-corrected chi connectivity index (χ0v) is 11.2. The third-order valence-electron chi connectivity index (χ3n) is 5.34. The number of nitrogens with one attached hydrogen (secondary N) is 1. The van der Waals surface area contributed by atoms with E-state index >= 15 is 0 Å². The smallest absolute Gasteiger partial charge is 0.297 e. The third kappa shape index (κ3) is 1.54. The number of H-pyrrole nitrogens is 1. The number of fused-ring (bicyclic) bond motifs is 3. The molecule has 1 aromatic heterocycles. The monoisotopic (exact) mass is 247 g/mol. The number of nitrogens with zero attached hydrogens (tertiary/aromatic N) is 3. The minimum Gasteiger partial charge on any atom is -0.297 e. The van der Waals surface area contributed by atoms with Crippen molar-refractivity contribution in [1.29, 1.82) is 0 Å². The summed E-state index contributed by atoms with van der Waals surface area (Å²) in [5.41, 5.74) is 0.569. The van der Waals surface area contributed by atoms with E-state index < -0.39 is 0 Å². The molecule has 0 unspecified atom stereocenters. The van der Waals surface area contributed by atoms with Crippen molar-refractivity contribution >= 4 is 0 Å². The van der Waals surface area contributed by atoms with Crippen molar-refractivity contribution in [2.45, 2.75) is 64.1 Å². The average molecular weight is 247 g/mol. The Morgan fingerprint density at radius 2 is 2.44 bits per heavy atom. The van der Waals surface area contributed by atoms with Gasteiger partial charge in [0.2, 0.25) is 0 Å². The number of aromatic amines is 1. The zero-order chi connectivity index (χ0) is 12.2. The standard InChI is InChI=1S/C14H22N4/c1-2-18-11-5-3-4-6-13-15-10-17(16-13)9-14(7-11)8-12(14)18/h10-12H,2-9H2,1H3/p+1/t11-,12-,14+/m1/s1. The minimum absolute atomic E-state index is 0.569. The second-order valence-electron chi connectivity index (χ2n) is 6.45. The molecular formula is C14H23N4+. The maximum absolute atomic E-state index is 4.50. The molecular weight excluding hydrogens is 224 g/mol. The number of aromatic nitrogens is 3. The Morgan fingerprint density at radius 1 is 1.50 bits per heavy atom. The van der Waals surface area contributed by atoms with Crippen molar-refractivity contribution in [3.63, 3.8) is 0 Å². The Labute approximate surface area is 108 Å². The molecule has 1 spiro atoms. The molecule has 18 heavy (non-hydrogen) atoms. The van der Waals surface area contributed by atoms with E-state index in [0.29, 0.717) is 5.41 Å². The third-order valence-corrected chi connectivity index (χ3v) is 5.34. The predicted molar refractivity (Wildman–Crippen MR) is 68.0 cm³/mol. The van der Waals surface area contributed by atoms with Crippen molar-refractivity contribution in [3.05, 3.63) is 12.2 Å². The summed E-state index contributed by atoms with van der Waals surface area (Å²) >= 11 is 0. The van der Waals surface area contributed by atoms with Crippen LogP contribution < -0.4 is 4.68 Å². The highest BCUT2D eigenvalue weighted by atomic mass is 15.4. The van der Waals surface area contributed by atoms with Crippen LogP contribution in [0.5, 0.6) is 0 Å². The fourth-order valence-electron chi connectivity index (χ4n) is 4.41. The van der Waals surface area contributed by atoms with E-state index in [2.05, 4.69) is 26.6 Å². The van der Waals surface area contributed by atoms with Crippen LogP contribution in [0.15, 0.2) is 6.33 Å². The summed E-state index contributed by atoms with van der Waals surface area (Å²) < 4.78 is 2.23. The van der Waals surface area contributed by atoms with Gasteiger partial charge in [-0.05, 0) is 37.2 Å². The predicted octanol–water partition coefficient (Wildman–Crippen LogP) is 1.28. The summed E-state index contributed by atoms with van der Waals surface area (Å²) in [6.07, 6.45) is 9.95.